The second-order valence-electron chi connectivity index (χ2n) is 4.66. The lowest BCUT2D eigenvalue weighted by Crippen LogP contribution is -2.48. The molecule has 0 atom stereocenters. The molecule has 0 radical (unpaired) electrons. The van der Waals surface area contributed by atoms with Crippen LogP contribution < -0.4 is 4.90 Å². The molecular formula is C11H15N3O3. The number of hydrogen-bond donors (Lipinski definition) is 0. The zero-order chi connectivity index (χ0) is 12.5. The van der Waals surface area contributed by atoms with Gasteiger partial charge in [-0.05, 0) is 19.9 Å². The molecule has 0 bridgehead atoms. The van der Waals surface area contributed by atoms with E-state index in [1.54, 1.807) is 6.07 Å². The molecule has 92 valence electrons. The van der Waals surface area contributed by atoms with Crippen LogP contribution in [0.3, 0.4) is 0 Å². The maximum atomic E-state index is 10.5. The van der Waals surface area contributed by atoms with Crippen molar-refractivity contribution in [2.75, 3.05) is 24.6 Å². The minimum Gasteiger partial charge on any atom is -0.372 e. The first-order valence-corrected chi connectivity index (χ1v) is 5.47. The quantitative estimate of drug-likeness (QED) is 0.577. The van der Waals surface area contributed by atoms with E-state index >= 15 is 0 Å². The predicted molar refractivity (Wildman–Crippen MR) is 63.1 cm³/mol. The van der Waals surface area contributed by atoms with Crippen LogP contribution in [0.25, 0.3) is 0 Å². The summed E-state index contributed by atoms with van der Waals surface area (Å²) in [5.74, 6) is 0.756. The van der Waals surface area contributed by atoms with E-state index in [-0.39, 0.29) is 11.3 Å². The van der Waals surface area contributed by atoms with Gasteiger partial charge in [0.05, 0.1) is 17.1 Å². The van der Waals surface area contributed by atoms with Crippen molar-refractivity contribution in [3.63, 3.8) is 0 Å². The number of hydrogen-bond acceptors (Lipinski definition) is 5. The van der Waals surface area contributed by atoms with Crippen molar-refractivity contribution >= 4 is 11.5 Å². The zero-order valence-electron chi connectivity index (χ0n) is 9.92. The fourth-order valence-electron chi connectivity index (χ4n) is 1.89. The third-order valence-corrected chi connectivity index (χ3v) is 2.69. The molecule has 1 aliphatic heterocycles. The van der Waals surface area contributed by atoms with E-state index in [2.05, 4.69) is 9.88 Å². The highest BCUT2D eigenvalue weighted by Gasteiger charge is 2.27. The Kier molecular flexibility index (Phi) is 2.97. The monoisotopic (exact) mass is 237 g/mol. The van der Waals surface area contributed by atoms with Gasteiger partial charge in [-0.15, -0.1) is 0 Å². The molecule has 1 fully saturated rings. The second-order valence-corrected chi connectivity index (χ2v) is 4.66. The molecule has 0 amide bonds. The number of pyridine rings is 1. The minimum absolute atomic E-state index is 0.0151. The molecule has 1 aliphatic rings. The normalized spacial score (nSPS) is 19.1. The van der Waals surface area contributed by atoms with Gasteiger partial charge in [0.2, 0.25) is 0 Å². The third-order valence-electron chi connectivity index (χ3n) is 2.69. The van der Waals surface area contributed by atoms with E-state index in [4.69, 9.17) is 4.74 Å². The van der Waals surface area contributed by atoms with Crippen molar-refractivity contribution in [3.8, 4) is 0 Å². The highest BCUT2D eigenvalue weighted by molar-refractivity contribution is 5.43. The van der Waals surface area contributed by atoms with E-state index in [0.717, 1.165) is 18.9 Å². The van der Waals surface area contributed by atoms with Crippen LogP contribution in [-0.4, -0.2) is 35.2 Å². The highest BCUT2D eigenvalue weighted by Crippen LogP contribution is 2.22. The van der Waals surface area contributed by atoms with Crippen LogP contribution in [0.4, 0.5) is 11.5 Å². The van der Waals surface area contributed by atoms with Crippen molar-refractivity contribution in [1.82, 2.24) is 4.98 Å². The maximum Gasteiger partial charge on any atom is 0.287 e. The van der Waals surface area contributed by atoms with Gasteiger partial charge in [0.1, 0.15) is 12.0 Å². The van der Waals surface area contributed by atoms with Crippen LogP contribution in [0.5, 0.6) is 0 Å². The Morgan fingerprint density at radius 1 is 1.53 bits per heavy atom. The molecule has 0 unspecified atom stereocenters. The molecule has 17 heavy (non-hydrogen) atoms. The number of anilines is 1. The van der Waals surface area contributed by atoms with Crippen molar-refractivity contribution in [2.24, 2.45) is 0 Å². The Labute approximate surface area is 99.4 Å². The summed E-state index contributed by atoms with van der Waals surface area (Å²) in [6, 6.07) is 3.16. The van der Waals surface area contributed by atoms with Gasteiger partial charge in [0.15, 0.2) is 0 Å². The predicted octanol–water partition coefficient (Wildman–Crippen LogP) is 1.60. The average Bonchev–Trinajstić information content (AvgIpc) is 2.28. The van der Waals surface area contributed by atoms with Crippen LogP contribution in [0, 0.1) is 10.1 Å². The zero-order valence-corrected chi connectivity index (χ0v) is 9.92. The molecule has 1 aromatic rings. The second kappa shape index (κ2) is 4.29. The van der Waals surface area contributed by atoms with E-state index in [0.29, 0.717) is 6.61 Å². The summed E-state index contributed by atoms with van der Waals surface area (Å²) in [5.41, 5.74) is -0.192. The van der Waals surface area contributed by atoms with Crippen molar-refractivity contribution < 1.29 is 9.66 Å². The summed E-state index contributed by atoms with van der Waals surface area (Å²) in [7, 11) is 0. The van der Waals surface area contributed by atoms with Gasteiger partial charge >= 0.3 is 0 Å². The number of nitro groups is 1. The molecule has 0 saturated carbocycles. The lowest BCUT2D eigenvalue weighted by Gasteiger charge is -2.38. The largest absolute Gasteiger partial charge is 0.372 e. The topological polar surface area (TPSA) is 68.5 Å². The van der Waals surface area contributed by atoms with Gasteiger partial charge in [-0.3, -0.25) is 10.1 Å². The lowest BCUT2D eigenvalue weighted by molar-refractivity contribution is -0.385. The van der Waals surface area contributed by atoms with Crippen LogP contribution in [-0.2, 0) is 4.74 Å². The van der Waals surface area contributed by atoms with Gasteiger partial charge in [-0.25, -0.2) is 4.98 Å². The first-order valence-electron chi connectivity index (χ1n) is 5.47. The van der Waals surface area contributed by atoms with Crippen molar-refractivity contribution in [3.05, 3.63) is 28.4 Å². The van der Waals surface area contributed by atoms with Gasteiger partial charge in [-0.2, -0.15) is 0 Å². The molecule has 1 aromatic heterocycles. The number of nitrogens with zero attached hydrogens (tertiary/aromatic N) is 3. The standard InChI is InChI=1S/C11H15N3O3/c1-11(2)8-13(5-6-17-11)10-4-3-9(7-12-10)14(15)16/h3-4,7H,5-6,8H2,1-2H3. The van der Waals surface area contributed by atoms with Gasteiger partial charge in [0, 0.05) is 19.2 Å². The summed E-state index contributed by atoms with van der Waals surface area (Å²) >= 11 is 0. The number of aromatic nitrogens is 1. The highest BCUT2D eigenvalue weighted by atomic mass is 16.6. The molecule has 6 nitrogen and oxygen atoms in total. The molecule has 2 rings (SSSR count). The van der Waals surface area contributed by atoms with Gasteiger partial charge in [0.25, 0.3) is 5.69 Å². The lowest BCUT2D eigenvalue weighted by atomic mass is 10.1. The summed E-state index contributed by atoms with van der Waals surface area (Å²) in [5, 5.41) is 10.5. The molecule has 0 aromatic carbocycles. The van der Waals surface area contributed by atoms with E-state index < -0.39 is 4.92 Å². The number of morpholine rings is 1. The Bertz CT molecular complexity index is 416. The number of rotatable bonds is 2. The van der Waals surface area contributed by atoms with E-state index in [1.807, 2.05) is 13.8 Å². The van der Waals surface area contributed by atoms with Gasteiger partial charge in [-0.1, -0.05) is 0 Å². The Balaban J connectivity index is 2.14. The fourth-order valence-corrected chi connectivity index (χ4v) is 1.89. The molecule has 6 heteroatoms. The Morgan fingerprint density at radius 3 is 2.82 bits per heavy atom. The first-order chi connectivity index (χ1) is 7.98. The van der Waals surface area contributed by atoms with E-state index in [9.17, 15) is 10.1 Å². The minimum atomic E-state index is -0.444. The maximum absolute atomic E-state index is 10.5. The van der Waals surface area contributed by atoms with Crippen LogP contribution in [0.2, 0.25) is 0 Å². The summed E-state index contributed by atoms with van der Waals surface area (Å²) < 4.78 is 5.60. The summed E-state index contributed by atoms with van der Waals surface area (Å²) in [6.45, 7) is 6.17. The Morgan fingerprint density at radius 2 is 2.29 bits per heavy atom. The van der Waals surface area contributed by atoms with Gasteiger partial charge < -0.3 is 9.64 Å². The summed E-state index contributed by atoms with van der Waals surface area (Å²) in [4.78, 5) is 16.3. The van der Waals surface area contributed by atoms with Crippen LogP contribution >= 0.6 is 0 Å². The first kappa shape index (κ1) is 11.8. The molecule has 2 heterocycles. The van der Waals surface area contributed by atoms with Crippen LogP contribution in [0.15, 0.2) is 18.3 Å². The molecule has 0 spiro atoms. The number of ether oxygens (including phenoxy) is 1. The van der Waals surface area contributed by atoms with Crippen LogP contribution in [0.1, 0.15) is 13.8 Å². The third kappa shape index (κ3) is 2.71. The average molecular weight is 237 g/mol. The molecule has 1 saturated heterocycles. The van der Waals surface area contributed by atoms with E-state index in [1.165, 1.54) is 12.3 Å². The Hall–Kier alpha value is -1.69. The smallest absolute Gasteiger partial charge is 0.287 e. The fraction of sp³-hybridized carbons (Fsp3) is 0.545. The van der Waals surface area contributed by atoms with Crippen molar-refractivity contribution in [2.45, 2.75) is 19.4 Å². The van der Waals surface area contributed by atoms with Crippen molar-refractivity contribution in [1.29, 1.82) is 0 Å². The molecule has 0 aliphatic carbocycles. The molecular weight excluding hydrogens is 222 g/mol. The SMILES string of the molecule is CC1(C)CN(c2ccc([N+](=O)[O-])cn2)CCO1. The molecule has 0 N–H and O–H groups in total. The summed E-state index contributed by atoms with van der Waals surface area (Å²) in [6.07, 6.45) is 1.29.